The molecule has 0 spiro atoms. The Morgan fingerprint density at radius 3 is 2.70 bits per heavy atom. The van der Waals surface area contributed by atoms with Gasteiger partial charge in [0.15, 0.2) is 0 Å². The minimum absolute atomic E-state index is 0.0687. The van der Waals surface area contributed by atoms with E-state index >= 15 is 0 Å². The first-order chi connectivity index (χ1) is 13.0. The number of nitrogens with one attached hydrogen (secondary N) is 2. The van der Waals surface area contributed by atoms with E-state index in [0.717, 1.165) is 53.2 Å². The Hall–Kier alpha value is -2.79. The third-order valence-electron chi connectivity index (χ3n) is 4.84. The van der Waals surface area contributed by atoms with E-state index in [2.05, 4.69) is 10.6 Å². The number of ether oxygens (including phenoxy) is 1. The molecule has 5 nitrogen and oxygen atoms in total. The summed E-state index contributed by atoms with van der Waals surface area (Å²) in [6.45, 7) is 1.97. The SMILES string of the molecule is COc1ccc(NC(=O)Cc2cccc(NC3=C(C)C(O)CCC3)c2)cc1. The molecule has 0 bridgehead atoms. The molecular formula is C22H26N2O3. The van der Waals surface area contributed by atoms with Crippen LogP contribution in [0.2, 0.25) is 0 Å². The number of carbonyl (C=O) groups is 1. The van der Waals surface area contributed by atoms with Crippen molar-refractivity contribution in [3.63, 3.8) is 0 Å². The number of hydrogen-bond donors (Lipinski definition) is 3. The zero-order valence-electron chi connectivity index (χ0n) is 15.8. The maximum Gasteiger partial charge on any atom is 0.228 e. The molecule has 0 saturated heterocycles. The monoisotopic (exact) mass is 366 g/mol. The van der Waals surface area contributed by atoms with Crippen molar-refractivity contribution in [2.75, 3.05) is 17.7 Å². The molecule has 0 aromatic heterocycles. The van der Waals surface area contributed by atoms with Gasteiger partial charge in [-0.3, -0.25) is 4.79 Å². The molecule has 5 heteroatoms. The molecule has 0 saturated carbocycles. The van der Waals surface area contributed by atoms with Gasteiger partial charge in [0, 0.05) is 17.1 Å². The minimum atomic E-state index is -0.361. The van der Waals surface area contributed by atoms with E-state index in [9.17, 15) is 9.90 Å². The van der Waals surface area contributed by atoms with Crippen molar-refractivity contribution in [1.29, 1.82) is 0 Å². The lowest BCUT2D eigenvalue weighted by molar-refractivity contribution is -0.115. The summed E-state index contributed by atoms with van der Waals surface area (Å²) in [5.41, 5.74) is 4.69. The fourth-order valence-electron chi connectivity index (χ4n) is 3.25. The molecule has 0 radical (unpaired) electrons. The van der Waals surface area contributed by atoms with E-state index in [-0.39, 0.29) is 12.0 Å². The second kappa shape index (κ2) is 8.73. The number of allylic oxidation sites excluding steroid dienone is 1. The van der Waals surface area contributed by atoms with Gasteiger partial charge in [0.1, 0.15) is 5.75 Å². The number of amides is 1. The molecule has 3 rings (SSSR count). The van der Waals surface area contributed by atoms with E-state index in [4.69, 9.17) is 4.74 Å². The average molecular weight is 366 g/mol. The van der Waals surface area contributed by atoms with Crippen molar-refractivity contribution in [1.82, 2.24) is 0 Å². The van der Waals surface area contributed by atoms with Crippen molar-refractivity contribution in [3.05, 3.63) is 65.4 Å². The predicted molar refractivity (Wildman–Crippen MR) is 108 cm³/mol. The molecule has 1 aliphatic carbocycles. The Kier molecular flexibility index (Phi) is 6.14. The first-order valence-electron chi connectivity index (χ1n) is 9.23. The summed E-state index contributed by atoms with van der Waals surface area (Å²) >= 11 is 0. The third kappa shape index (κ3) is 5.11. The van der Waals surface area contributed by atoms with E-state index < -0.39 is 0 Å². The minimum Gasteiger partial charge on any atom is -0.497 e. The first kappa shape index (κ1) is 19.0. The Morgan fingerprint density at radius 2 is 1.96 bits per heavy atom. The van der Waals surface area contributed by atoms with E-state index in [1.54, 1.807) is 7.11 Å². The quantitative estimate of drug-likeness (QED) is 0.720. The van der Waals surface area contributed by atoms with Crippen molar-refractivity contribution >= 4 is 17.3 Å². The Balaban J connectivity index is 1.63. The lowest BCUT2D eigenvalue weighted by Gasteiger charge is -2.24. The number of carbonyl (C=O) groups excluding carboxylic acids is 1. The number of methoxy groups -OCH3 is 1. The van der Waals surface area contributed by atoms with Gasteiger partial charge in [-0.25, -0.2) is 0 Å². The van der Waals surface area contributed by atoms with Gasteiger partial charge in [0.05, 0.1) is 19.6 Å². The van der Waals surface area contributed by atoms with Gasteiger partial charge in [-0.2, -0.15) is 0 Å². The first-order valence-corrected chi connectivity index (χ1v) is 9.23. The molecule has 0 aliphatic heterocycles. The van der Waals surface area contributed by atoms with Gasteiger partial charge < -0.3 is 20.5 Å². The summed E-state index contributed by atoms with van der Waals surface area (Å²) < 4.78 is 5.12. The topological polar surface area (TPSA) is 70.6 Å². The van der Waals surface area contributed by atoms with Crippen LogP contribution in [0.15, 0.2) is 59.8 Å². The van der Waals surface area contributed by atoms with Crippen LogP contribution in [0.25, 0.3) is 0 Å². The van der Waals surface area contributed by atoms with Gasteiger partial charge in [-0.15, -0.1) is 0 Å². The predicted octanol–water partition coefficient (Wildman–Crippen LogP) is 4.11. The second-order valence-electron chi connectivity index (χ2n) is 6.85. The van der Waals surface area contributed by atoms with Crippen LogP contribution in [-0.4, -0.2) is 24.2 Å². The average Bonchev–Trinajstić information content (AvgIpc) is 2.66. The van der Waals surface area contributed by atoms with Crippen LogP contribution in [0.4, 0.5) is 11.4 Å². The van der Waals surface area contributed by atoms with Crippen molar-refractivity contribution in [2.24, 2.45) is 0 Å². The molecule has 1 atom stereocenters. The number of anilines is 2. The second-order valence-corrected chi connectivity index (χ2v) is 6.85. The summed E-state index contributed by atoms with van der Waals surface area (Å²) in [5.74, 6) is 0.685. The zero-order chi connectivity index (χ0) is 19.2. The largest absolute Gasteiger partial charge is 0.497 e. The zero-order valence-corrected chi connectivity index (χ0v) is 15.8. The molecule has 1 aliphatic rings. The third-order valence-corrected chi connectivity index (χ3v) is 4.84. The smallest absolute Gasteiger partial charge is 0.228 e. The summed E-state index contributed by atoms with van der Waals surface area (Å²) in [6, 6.07) is 15.1. The molecule has 1 unspecified atom stereocenters. The highest BCUT2D eigenvalue weighted by molar-refractivity contribution is 5.92. The summed E-state index contributed by atoms with van der Waals surface area (Å²) in [7, 11) is 1.61. The molecule has 2 aromatic rings. The number of hydrogen-bond acceptors (Lipinski definition) is 4. The fraction of sp³-hybridized carbons (Fsp3) is 0.318. The molecule has 2 aromatic carbocycles. The standard InChI is InChI=1S/C22H26N2O3/c1-15-20(7-4-8-21(15)25)23-18-6-3-5-16(13-18)14-22(26)24-17-9-11-19(27-2)12-10-17/h3,5-6,9-13,21,23,25H,4,7-8,14H2,1-2H3,(H,24,26). The summed E-state index contributed by atoms with van der Waals surface area (Å²) in [5, 5.41) is 16.3. The van der Waals surface area contributed by atoms with Crippen molar-refractivity contribution in [2.45, 2.75) is 38.7 Å². The van der Waals surface area contributed by atoms with Crippen LogP contribution in [-0.2, 0) is 11.2 Å². The summed E-state index contributed by atoms with van der Waals surface area (Å²) in [4.78, 5) is 12.3. The highest BCUT2D eigenvalue weighted by atomic mass is 16.5. The van der Waals surface area contributed by atoms with Crippen LogP contribution < -0.4 is 15.4 Å². The number of aliphatic hydroxyl groups excluding tert-OH is 1. The van der Waals surface area contributed by atoms with Crippen molar-refractivity contribution < 1.29 is 14.6 Å². The highest BCUT2D eigenvalue weighted by Gasteiger charge is 2.17. The van der Waals surface area contributed by atoms with Gasteiger partial charge in [0.2, 0.25) is 5.91 Å². The lowest BCUT2D eigenvalue weighted by Crippen LogP contribution is -2.19. The molecule has 1 amide bonds. The number of rotatable bonds is 6. The molecular weight excluding hydrogens is 340 g/mol. The van der Waals surface area contributed by atoms with Gasteiger partial charge in [0.25, 0.3) is 0 Å². The van der Waals surface area contributed by atoms with Crippen molar-refractivity contribution in [3.8, 4) is 5.75 Å². The highest BCUT2D eigenvalue weighted by Crippen LogP contribution is 2.26. The van der Waals surface area contributed by atoms with Crippen LogP contribution in [0, 0.1) is 0 Å². The molecule has 3 N–H and O–H groups in total. The maximum atomic E-state index is 12.3. The fourth-order valence-corrected chi connectivity index (χ4v) is 3.25. The van der Waals surface area contributed by atoms with Crippen LogP contribution in [0.1, 0.15) is 31.7 Å². The lowest BCUT2D eigenvalue weighted by atomic mass is 9.94. The molecule has 0 fully saturated rings. The van der Waals surface area contributed by atoms with Gasteiger partial charge >= 0.3 is 0 Å². The normalized spacial score (nSPS) is 16.8. The van der Waals surface area contributed by atoms with Gasteiger partial charge in [-0.1, -0.05) is 12.1 Å². The van der Waals surface area contributed by atoms with Crippen LogP contribution in [0.5, 0.6) is 5.75 Å². The van der Waals surface area contributed by atoms with E-state index in [0.29, 0.717) is 6.42 Å². The van der Waals surface area contributed by atoms with Gasteiger partial charge in [-0.05, 0) is 73.7 Å². The summed E-state index contributed by atoms with van der Waals surface area (Å²) in [6.07, 6.45) is 2.67. The Labute approximate surface area is 160 Å². The number of benzene rings is 2. The molecule has 0 heterocycles. The van der Waals surface area contributed by atoms with E-state index in [1.165, 1.54) is 0 Å². The number of aliphatic hydroxyl groups is 1. The molecule has 27 heavy (non-hydrogen) atoms. The van der Waals surface area contributed by atoms with Crippen LogP contribution >= 0.6 is 0 Å². The Morgan fingerprint density at radius 1 is 1.19 bits per heavy atom. The maximum absolute atomic E-state index is 12.3. The Bertz CT molecular complexity index is 828. The van der Waals surface area contributed by atoms with Crippen LogP contribution in [0.3, 0.4) is 0 Å². The molecule has 142 valence electrons. The van der Waals surface area contributed by atoms with E-state index in [1.807, 2.05) is 55.5 Å².